The molecule has 0 fully saturated rings. The molecule has 1 aliphatic heterocycles. The lowest BCUT2D eigenvalue weighted by atomic mass is 9.95. The van der Waals surface area contributed by atoms with E-state index in [-0.39, 0.29) is 22.0 Å². The van der Waals surface area contributed by atoms with Crippen molar-refractivity contribution in [1.82, 2.24) is 9.97 Å². The van der Waals surface area contributed by atoms with Crippen LogP contribution in [0.3, 0.4) is 0 Å². The fourth-order valence-electron chi connectivity index (χ4n) is 3.50. The Hall–Kier alpha value is -3.23. The highest BCUT2D eigenvalue weighted by molar-refractivity contribution is 7.14. The number of aromatic nitrogens is 2. The molecule has 152 valence electrons. The lowest BCUT2D eigenvalue weighted by molar-refractivity contribution is -0.117. The second-order valence-electron chi connectivity index (χ2n) is 6.73. The van der Waals surface area contributed by atoms with Gasteiger partial charge in [0.15, 0.2) is 5.76 Å². The van der Waals surface area contributed by atoms with E-state index in [0.717, 1.165) is 0 Å². The van der Waals surface area contributed by atoms with Gasteiger partial charge in [0, 0.05) is 17.4 Å². The minimum atomic E-state index is -0.973. The van der Waals surface area contributed by atoms with E-state index in [0.29, 0.717) is 21.1 Å². The Balaban J connectivity index is 1.92. The molecule has 1 aromatic carbocycles. The van der Waals surface area contributed by atoms with Gasteiger partial charge in [0.25, 0.3) is 5.91 Å². The number of hydrogen-bond acceptors (Lipinski definition) is 7. The molecule has 0 saturated carbocycles. The number of ketones is 1. The van der Waals surface area contributed by atoms with Gasteiger partial charge in [-0.1, -0.05) is 11.6 Å². The highest BCUT2D eigenvalue weighted by Gasteiger charge is 2.46. The Morgan fingerprint density at radius 3 is 2.50 bits per heavy atom. The van der Waals surface area contributed by atoms with Crippen LogP contribution in [0.1, 0.15) is 32.0 Å². The summed E-state index contributed by atoms with van der Waals surface area (Å²) in [4.78, 5) is 36.3. The number of nitrogens with zero attached hydrogens (tertiary/aromatic N) is 3. The summed E-state index contributed by atoms with van der Waals surface area (Å²) < 4.78 is 0. The lowest BCUT2D eigenvalue weighted by Crippen LogP contribution is -2.31. The average molecular weight is 442 g/mol. The van der Waals surface area contributed by atoms with Crippen LogP contribution in [0.2, 0.25) is 5.02 Å². The maximum Gasteiger partial charge on any atom is 0.294 e. The predicted octanol–water partition coefficient (Wildman–Crippen LogP) is 4.30. The van der Waals surface area contributed by atoms with Crippen LogP contribution >= 0.6 is 22.9 Å². The number of halogens is 1. The summed E-state index contributed by atoms with van der Waals surface area (Å²) in [6.45, 7) is 3.48. The van der Waals surface area contributed by atoms with Gasteiger partial charge in [0.2, 0.25) is 5.78 Å². The van der Waals surface area contributed by atoms with Gasteiger partial charge in [-0.3, -0.25) is 19.5 Å². The van der Waals surface area contributed by atoms with Crippen molar-refractivity contribution in [3.05, 3.63) is 80.2 Å². The number of Topliss-reactive ketones (excluding diaryl/α,β-unsaturated/α-hetero) is 1. The van der Waals surface area contributed by atoms with E-state index in [1.54, 1.807) is 26.0 Å². The van der Waals surface area contributed by atoms with Crippen molar-refractivity contribution in [2.45, 2.75) is 19.9 Å². The largest absolute Gasteiger partial charge is 0.506 e. The molecule has 1 unspecified atom stereocenters. The van der Waals surface area contributed by atoms with Crippen LogP contribution in [0.4, 0.5) is 5.69 Å². The average Bonchev–Trinajstić information content (AvgIpc) is 3.20. The molecule has 3 heterocycles. The first-order valence-corrected chi connectivity index (χ1v) is 10.1. The zero-order chi connectivity index (χ0) is 21.6. The smallest absolute Gasteiger partial charge is 0.294 e. The standard InChI is InChI=1S/C21H16ClN3O4S/c1-10-20(30-11(2)24-10)18(27)16-17(12-5-7-23-8-6-12)25(21(29)19(16)28)14-9-13(22)3-4-15(14)26/h3-9,17,26,28H,1-2H3. The SMILES string of the molecule is Cc1nc(C)c(C(=O)C2=C(O)C(=O)N(c3cc(Cl)ccc3O)C2c2ccncc2)s1. The Labute approximate surface area is 180 Å². The topological polar surface area (TPSA) is 104 Å². The summed E-state index contributed by atoms with van der Waals surface area (Å²) in [6, 6.07) is 6.55. The maximum atomic E-state index is 13.4. The van der Waals surface area contributed by atoms with Crippen LogP contribution < -0.4 is 4.90 Å². The molecular weight excluding hydrogens is 426 g/mol. The molecule has 2 aromatic heterocycles. The zero-order valence-electron chi connectivity index (χ0n) is 16.0. The molecular formula is C21H16ClN3O4S. The van der Waals surface area contributed by atoms with Gasteiger partial charge in [0.05, 0.1) is 32.9 Å². The van der Waals surface area contributed by atoms with Gasteiger partial charge in [-0.05, 0) is 49.7 Å². The van der Waals surface area contributed by atoms with Crippen molar-refractivity contribution in [1.29, 1.82) is 0 Å². The van der Waals surface area contributed by atoms with Crippen molar-refractivity contribution >= 4 is 40.3 Å². The second-order valence-corrected chi connectivity index (χ2v) is 8.37. The monoisotopic (exact) mass is 441 g/mol. The third kappa shape index (κ3) is 3.24. The van der Waals surface area contributed by atoms with E-state index in [4.69, 9.17) is 11.6 Å². The van der Waals surface area contributed by atoms with Crippen LogP contribution in [0.5, 0.6) is 5.75 Å². The number of phenolic OH excluding ortho intramolecular Hbond substituents is 1. The zero-order valence-corrected chi connectivity index (χ0v) is 17.5. The van der Waals surface area contributed by atoms with Crippen LogP contribution in [0.25, 0.3) is 0 Å². The Bertz CT molecular complexity index is 1210. The minimum absolute atomic E-state index is 0.0841. The Kier molecular flexibility index (Phi) is 5.05. The summed E-state index contributed by atoms with van der Waals surface area (Å²) in [6.07, 6.45) is 3.05. The fraction of sp³-hybridized carbons (Fsp3) is 0.143. The minimum Gasteiger partial charge on any atom is -0.506 e. The number of aromatic hydroxyl groups is 1. The summed E-state index contributed by atoms with van der Waals surface area (Å²) in [5.74, 6) is -2.18. The highest BCUT2D eigenvalue weighted by Crippen LogP contribution is 2.45. The van der Waals surface area contributed by atoms with E-state index in [9.17, 15) is 19.8 Å². The second kappa shape index (κ2) is 7.55. The third-order valence-corrected chi connectivity index (χ3v) is 6.09. The molecule has 9 heteroatoms. The highest BCUT2D eigenvalue weighted by atomic mass is 35.5. The Morgan fingerprint density at radius 1 is 1.17 bits per heavy atom. The number of rotatable bonds is 4. The number of aliphatic hydroxyl groups excluding tert-OH is 1. The van der Waals surface area contributed by atoms with Crippen molar-refractivity contribution in [2.24, 2.45) is 0 Å². The molecule has 1 aliphatic rings. The van der Waals surface area contributed by atoms with Crippen LogP contribution in [-0.2, 0) is 4.79 Å². The van der Waals surface area contributed by atoms with Gasteiger partial charge < -0.3 is 10.2 Å². The van der Waals surface area contributed by atoms with E-state index in [2.05, 4.69) is 9.97 Å². The number of benzene rings is 1. The number of anilines is 1. The summed E-state index contributed by atoms with van der Waals surface area (Å²) in [5.41, 5.74) is 1.06. The summed E-state index contributed by atoms with van der Waals surface area (Å²) in [5, 5.41) is 22.1. The number of pyridine rings is 1. The number of amides is 1. The quantitative estimate of drug-likeness (QED) is 0.585. The predicted molar refractivity (Wildman–Crippen MR) is 113 cm³/mol. The van der Waals surface area contributed by atoms with Crippen LogP contribution in [0.15, 0.2) is 54.1 Å². The molecule has 0 saturated heterocycles. The van der Waals surface area contributed by atoms with E-state index in [1.165, 1.54) is 46.8 Å². The van der Waals surface area contributed by atoms with Crippen molar-refractivity contribution in [2.75, 3.05) is 4.90 Å². The van der Waals surface area contributed by atoms with E-state index in [1.807, 2.05) is 0 Å². The summed E-state index contributed by atoms with van der Waals surface area (Å²) in [7, 11) is 0. The van der Waals surface area contributed by atoms with Gasteiger partial charge in [-0.2, -0.15) is 0 Å². The normalized spacial score (nSPS) is 16.4. The van der Waals surface area contributed by atoms with E-state index >= 15 is 0 Å². The molecule has 0 bridgehead atoms. The number of aryl methyl sites for hydroxylation is 2. The first-order chi connectivity index (χ1) is 14.3. The number of hydrogen-bond donors (Lipinski definition) is 2. The van der Waals surface area contributed by atoms with Crippen LogP contribution in [0, 0.1) is 13.8 Å². The molecule has 0 spiro atoms. The molecule has 0 radical (unpaired) electrons. The van der Waals surface area contributed by atoms with Crippen molar-refractivity contribution in [3.63, 3.8) is 0 Å². The van der Waals surface area contributed by atoms with Gasteiger partial charge in [0.1, 0.15) is 5.75 Å². The Morgan fingerprint density at radius 2 is 1.87 bits per heavy atom. The third-order valence-electron chi connectivity index (χ3n) is 4.78. The van der Waals surface area contributed by atoms with Gasteiger partial charge in [-0.15, -0.1) is 11.3 Å². The van der Waals surface area contributed by atoms with Crippen molar-refractivity contribution < 1.29 is 19.8 Å². The maximum absolute atomic E-state index is 13.4. The van der Waals surface area contributed by atoms with Gasteiger partial charge in [-0.25, -0.2) is 4.98 Å². The molecule has 1 atom stereocenters. The molecule has 4 rings (SSSR count). The van der Waals surface area contributed by atoms with E-state index < -0.39 is 23.5 Å². The molecule has 2 N–H and O–H groups in total. The molecule has 30 heavy (non-hydrogen) atoms. The van der Waals surface area contributed by atoms with Crippen LogP contribution in [-0.4, -0.2) is 31.9 Å². The fourth-order valence-corrected chi connectivity index (χ4v) is 4.54. The molecule has 3 aromatic rings. The number of thiazole rings is 1. The molecule has 0 aliphatic carbocycles. The number of aliphatic hydroxyl groups is 1. The number of carbonyl (C=O) groups excluding carboxylic acids is 2. The summed E-state index contributed by atoms with van der Waals surface area (Å²) >= 11 is 7.28. The molecule has 7 nitrogen and oxygen atoms in total. The lowest BCUT2D eigenvalue weighted by Gasteiger charge is -2.27. The molecule has 1 amide bonds. The van der Waals surface area contributed by atoms with Crippen molar-refractivity contribution in [3.8, 4) is 5.75 Å². The first-order valence-electron chi connectivity index (χ1n) is 8.93. The van der Waals surface area contributed by atoms with Gasteiger partial charge >= 0.3 is 0 Å². The number of phenols is 1. The first kappa shape index (κ1) is 20.1. The number of carbonyl (C=O) groups is 2.